The number of aromatic nitrogens is 1. The Labute approximate surface area is 172 Å². The van der Waals surface area contributed by atoms with Crippen LogP contribution in [-0.2, 0) is 12.7 Å². The number of hydrogen-bond acceptors (Lipinski definition) is 2. The van der Waals surface area contributed by atoms with Crippen LogP contribution < -0.4 is 10.7 Å². The van der Waals surface area contributed by atoms with Crippen LogP contribution in [0.25, 0.3) is 10.9 Å². The fraction of sp³-hybridized carbons (Fsp3) is 0.304. The molecule has 0 bridgehead atoms. The van der Waals surface area contributed by atoms with E-state index in [9.17, 15) is 22.8 Å². The van der Waals surface area contributed by atoms with Crippen LogP contribution in [0.2, 0.25) is 0 Å². The molecule has 30 heavy (non-hydrogen) atoms. The molecular weight excluding hydrogens is 393 g/mol. The smallest absolute Gasteiger partial charge is 0.347 e. The Kier molecular flexibility index (Phi) is 5.74. The molecule has 0 fully saturated rings. The summed E-state index contributed by atoms with van der Waals surface area (Å²) in [7, 11) is 0. The van der Waals surface area contributed by atoms with Gasteiger partial charge in [-0.15, -0.1) is 0 Å². The van der Waals surface area contributed by atoms with Crippen molar-refractivity contribution in [2.75, 3.05) is 5.32 Å². The third kappa shape index (κ3) is 3.97. The number of anilines is 1. The molecule has 1 amide bonds. The fourth-order valence-corrected chi connectivity index (χ4v) is 3.52. The lowest BCUT2D eigenvalue weighted by Crippen LogP contribution is -2.25. The van der Waals surface area contributed by atoms with E-state index in [4.69, 9.17) is 0 Å². The number of rotatable bonds is 4. The third-order valence-electron chi connectivity index (χ3n) is 5.16. The largest absolute Gasteiger partial charge is 0.416 e. The molecule has 158 valence electrons. The zero-order valence-corrected chi connectivity index (χ0v) is 17.2. The monoisotopic (exact) mass is 416 g/mol. The first-order chi connectivity index (χ1) is 14.0. The number of para-hydroxylation sites is 1. The molecule has 2 aromatic carbocycles. The number of nitrogens with zero attached hydrogens (tertiary/aromatic N) is 1. The van der Waals surface area contributed by atoms with Crippen molar-refractivity contribution in [1.29, 1.82) is 0 Å². The highest BCUT2D eigenvalue weighted by molar-refractivity contribution is 6.06. The van der Waals surface area contributed by atoms with Gasteiger partial charge in [-0.05, 0) is 49.1 Å². The van der Waals surface area contributed by atoms with Gasteiger partial charge in [0.2, 0.25) is 5.43 Å². The van der Waals surface area contributed by atoms with Gasteiger partial charge in [0, 0.05) is 23.8 Å². The van der Waals surface area contributed by atoms with Crippen molar-refractivity contribution in [1.82, 2.24) is 4.57 Å². The van der Waals surface area contributed by atoms with Crippen LogP contribution in [0, 0.1) is 6.92 Å². The summed E-state index contributed by atoms with van der Waals surface area (Å²) in [5.74, 6) is -0.504. The van der Waals surface area contributed by atoms with Gasteiger partial charge in [-0.1, -0.05) is 32.0 Å². The quantitative estimate of drug-likeness (QED) is 0.591. The number of carbonyl (C=O) groups excluding carboxylic acids is 1. The predicted molar refractivity (Wildman–Crippen MR) is 112 cm³/mol. The van der Waals surface area contributed by atoms with Gasteiger partial charge in [-0.3, -0.25) is 9.59 Å². The number of alkyl halides is 3. The molecule has 4 nitrogen and oxygen atoms in total. The SMILES string of the molecule is CCn1cc(C(=O)Nc2c(C)cccc2C(C)C)c(=O)c2cc(C(F)(F)F)ccc21. The number of pyridine rings is 1. The molecular formula is C23H23F3N2O2. The second-order valence-electron chi connectivity index (χ2n) is 7.54. The summed E-state index contributed by atoms with van der Waals surface area (Å²) in [5, 5.41) is 2.67. The van der Waals surface area contributed by atoms with E-state index in [1.807, 2.05) is 39.0 Å². The normalized spacial score (nSPS) is 11.9. The Morgan fingerprint density at radius 2 is 1.87 bits per heavy atom. The van der Waals surface area contributed by atoms with Crippen LogP contribution in [0.15, 0.2) is 47.4 Å². The molecule has 0 saturated heterocycles. The lowest BCUT2D eigenvalue weighted by Gasteiger charge is -2.17. The molecule has 0 unspecified atom stereocenters. The second-order valence-corrected chi connectivity index (χ2v) is 7.54. The summed E-state index contributed by atoms with van der Waals surface area (Å²) in [6.07, 6.45) is -3.18. The summed E-state index contributed by atoms with van der Waals surface area (Å²) in [6, 6.07) is 8.65. The zero-order chi connectivity index (χ0) is 22.2. The van der Waals surface area contributed by atoms with Gasteiger partial charge in [0.1, 0.15) is 5.56 Å². The Morgan fingerprint density at radius 3 is 2.47 bits per heavy atom. The third-order valence-corrected chi connectivity index (χ3v) is 5.16. The number of nitrogens with one attached hydrogen (secondary N) is 1. The van der Waals surface area contributed by atoms with Crippen molar-refractivity contribution in [3.05, 3.63) is 75.1 Å². The van der Waals surface area contributed by atoms with Crippen LogP contribution in [0.5, 0.6) is 0 Å². The summed E-state index contributed by atoms with van der Waals surface area (Å²) in [5.41, 5.74) is 0.882. The lowest BCUT2D eigenvalue weighted by molar-refractivity contribution is -0.137. The summed E-state index contributed by atoms with van der Waals surface area (Å²) >= 11 is 0. The van der Waals surface area contributed by atoms with E-state index in [1.54, 1.807) is 11.5 Å². The minimum Gasteiger partial charge on any atom is -0.347 e. The van der Waals surface area contributed by atoms with E-state index in [2.05, 4.69) is 5.32 Å². The highest BCUT2D eigenvalue weighted by Crippen LogP contribution is 2.31. The number of fused-ring (bicyclic) bond motifs is 1. The maximum atomic E-state index is 13.2. The molecule has 3 aromatic rings. The second kappa shape index (κ2) is 7.97. The number of hydrogen-bond donors (Lipinski definition) is 1. The Hall–Kier alpha value is -3.09. The molecule has 0 aliphatic carbocycles. The van der Waals surface area contributed by atoms with Gasteiger partial charge in [0.05, 0.1) is 11.1 Å². The van der Waals surface area contributed by atoms with E-state index in [1.165, 1.54) is 12.3 Å². The van der Waals surface area contributed by atoms with Crippen molar-refractivity contribution in [2.45, 2.75) is 46.3 Å². The number of benzene rings is 2. The first kappa shape index (κ1) is 21.6. The van der Waals surface area contributed by atoms with E-state index in [-0.39, 0.29) is 16.9 Å². The molecule has 0 atom stereocenters. The summed E-state index contributed by atoms with van der Waals surface area (Å²) in [6.45, 7) is 8.01. The molecule has 0 spiro atoms. The maximum absolute atomic E-state index is 13.2. The topological polar surface area (TPSA) is 51.1 Å². The van der Waals surface area contributed by atoms with Crippen LogP contribution in [0.1, 0.15) is 53.7 Å². The van der Waals surface area contributed by atoms with E-state index >= 15 is 0 Å². The van der Waals surface area contributed by atoms with Gasteiger partial charge in [-0.25, -0.2) is 0 Å². The standard InChI is InChI=1S/C23H23F3N2O2/c1-5-28-12-18(21(29)17-11-15(23(24,25)26)9-10-19(17)28)22(30)27-20-14(4)7-6-8-16(20)13(2)3/h6-13H,5H2,1-4H3,(H,27,30). The van der Waals surface area contributed by atoms with Crippen molar-refractivity contribution >= 4 is 22.5 Å². The van der Waals surface area contributed by atoms with Crippen LogP contribution in [-0.4, -0.2) is 10.5 Å². The zero-order valence-electron chi connectivity index (χ0n) is 17.2. The minimum absolute atomic E-state index is 0.131. The molecule has 1 aromatic heterocycles. The van der Waals surface area contributed by atoms with Crippen LogP contribution in [0.3, 0.4) is 0 Å². The van der Waals surface area contributed by atoms with E-state index < -0.39 is 23.1 Å². The number of halogens is 3. The first-order valence-corrected chi connectivity index (χ1v) is 9.69. The first-order valence-electron chi connectivity index (χ1n) is 9.69. The number of aryl methyl sites for hydroxylation is 2. The van der Waals surface area contributed by atoms with E-state index in [0.717, 1.165) is 23.3 Å². The van der Waals surface area contributed by atoms with Gasteiger partial charge < -0.3 is 9.88 Å². The fourth-order valence-electron chi connectivity index (χ4n) is 3.52. The number of carbonyl (C=O) groups is 1. The van der Waals surface area contributed by atoms with E-state index in [0.29, 0.717) is 17.7 Å². The number of amides is 1. The Morgan fingerprint density at radius 1 is 1.17 bits per heavy atom. The molecule has 7 heteroatoms. The highest BCUT2D eigenvalue weighted by Gasteiger charge is 2.31. The highest BCUT2D eigenvalue weighted by atomic mass is 19.4. The van der Waals surface area contributed by atoms with Gasteiger partial charge in [0.15, 0.2) is 0 Å². The van der Waals surface area contributed by atoms with Gasteiger partial charge in [-0.2, -0.15) is 13.2 Å². The molecule has 0 aliphatic heterocycles. The molecule has 0 saturated carbocycles. The van der Waals surface area contributed by atoms with Gasteiger partial charge in [0.25, 0.3) is 5.91 Å². The molecule has 0 aliphatic rings. The summed E-state index contributed by atoms with van der Waals surface area (Å²) < 4.78 is 41.1. The summed E-state index contributed by atoms with van der Waals surface area (Å²) in [4.78, 5) is 26.0. The molecule has 1 heterocycles. The Balaban J connectivity index is 2.16. The van der Waals surface area contributed by atoms with Gasteiger partial charge >= 0.3 is 6.18 Å². The van der Waals surface area contributed by atoms with Crippen molar-refractivity contribution in [2.24, 2.45) is 0 Å². The molecule has 1 N–H and O–H groups in total. The maximum Gasteiger partial charge on any atom is 0.416 e. The van der Waals surface area contributed by atoms with Crippen molar-refractivity contribution < 1.29 is 18.0 Å². The average molecular weight is 416 g/mol. The van der Waals surface area contributed by atoms with Crippen molar-refractivity contribution in [3.63, 3.8) is 0 Å². The molecule has 3 rings (SSSR count). The van der Waals surface area contributed by atoms with Crippen LogP contribution >= 0.6 is 0 Å². The average Bonchev–Trinajstić information content (AvgIpc) is 2.68. The Bertz CT molecular complexity index is 1180. The van der Waals surface area contributed by atoms with Crippen LogP contribution in [0.4, 0.5) is 18.9 Å². The minimum atomic E-state index is -4.58. The predicted octanol–water partition coefficient (Wildman–Crippen LogP) is 5.72. The molecule has 0 radical (unpaired) electrons. The van der Waals surface area contributed by atoms with Crippen molar-refractivity contribution in [3.8, 4) is 0 Å². The lowest BCUT2D eigenvalue weighted by atomic mass is 9.98.